The topological polar surface area (TPSA) is 89.6 Å². The van der Waals surface area contributed by atoms with Crippen molar-refractivity contribution in [3.8, 4) is 5.75 Å². The normalized spacial score (nSPS) is 11.1. The van der Waals surface area contributed by atoms with Crippen LogP contribution in [0, 0.1) is 0 Å². The molecule has 5 nitrogen and oxygen atoms in total. The molecule has 0 saturated heterocycles. The van der Waals surface area contributed by atoms with Crippen LogP contribution in [0.1, 0.15) is 25.1 Å². The number of anilines is 1. The molecule has 0 aliphatic rings. The summed E-state index contributed by atoms with van der Waals surface area (Å²) in [6.07, 6.45) is 0.0830. The summed E-state index contributed by atoms with van der Waals surface area (Å²) in [5.74, 6) is -0.683. The van der Waals surface area contributed by atoms with Gasteiger partial charge < -0.3 is 17.0 Å². The number of carbonyl (C=O) groups is 2. The number of rotatable bonds is 5. The SMILES string of the molecule is CCC(Oc1ccc(C=O)c(N)c1)C(=O)O.[H-].[Li+]. The Labute approximate surface area is 113 Å². The molecule has 1 aromatic rings. The van der Waals surface area contributed by atoms with E-state index >= 15 is 0 Å². The fraction of sp³-hybridized carbons (Fsp3) is 0.273. The van der Waals surface area contributed by atoms with Crippen LogP contribution in [0.2, 0.25) is 0 Å². The number of carboxylic acid groups (broad SMARTS) is 1. The molecule has 0 aromatic heterocycles. The predicted octanol–water partition coefficient (Wildman–Crippen LogP) is -1.56. The maximum absolute atomic E-state index is 10.7. The summed E-state index contributed by atoms with van der Waals surface area (Å²) in [4.78, 5) is 21.2. The Kier molecular flexibility index (Phi) is 6.40. The Morgan fingerprint density at radius 3 is 2.71 bits per heavy atom. The van der Waals surface area contributed by atoms with E-state index in [1.807, 2.05) is 0 Å². The van der Waals surface area contributed by atoms with Gasteiger partial charge in [0.05, 0.1) is 0 Å². The number of benzene rings is 1. The molecule has 1 unspecified atom stereocenters. The van der Waals surface area contributed by atoms with Crippen molar-refractivity contribution in [1.29, 1.82) is 0 Å². The molecular weight excluding hydrogens is 217 g/mol. The van der Waals surface area contributed by atoms with Gasteiger partial charge in [-0.2, -0.15) is 0 Å². The van der Waals surface area contributed by atoms with Gasteiger partial charge in [-0.3, -0.25) is 4.79 Å². The van der Waals surface area contributed by atoms with Gasteiger partial charge in [-0.15, -0.1) is 0 Å². The van der Waals surface area contributed by atoms with Crippen molar-refractivity contribution in [2.24, 2.45) is 0 Å². The van der Waals surface area contributed by atoms with Gasteiger partial charge in [-0.1, -0.05) is 6.92 Å². The van der Waals surface area contributed by atoms with Crippen LogP contribution in [0.4, 0.5) is 5.69 Å². The molecule has 1 atom stereocenters. The molecule has 1 rings (SSSR count). The summed E-state index contributed by atoms with van der Waals surface area (Å²) in [6.45, 7) is 1.71. The van der Waals surface area contributed by atoms with Gasteiger partial charge in [0.2, 0.25) is 0 Å². The molecule has 0 amide bonds. The first-order valence-corrected chi connectivity index (χ1v) is 4.82. The van der Waals surface area contributed by atoms with Gasteiger partial charge in [0.25, 0.3) is 0 Å². The van der Waals surface area contributed by atoms with Gasteiger partial charge in [0, 0.05) is 17.3 Å². The van der Waals surface area contributed by atoms with Crippen LogP contribution in [0.25, 0.3) is 0 Å². The first kappa shape index (κ1) is 15.6. The van der Waals surface area contributed by atoms with Crippen LogP contribution in [-0.4, -0.2) is 23.5 Å². The Balaban J connectivity index is 0. The zero-order valence-corrected chi connectivity index (χ0v) is 9.84. The van der Waals surface area contributed by atoms with E-state index in [9.17, 15) is 9.59 Å². The van der Waals surface area contributed by atoms with E-state index in [2.05, 4.69) is 0 Å². The van der Waals surface area contributed by atoms with Gasteiger partial charge in [-0.25, -0.2) is 4.79 Å². The monoisotopic (exact) mass is 231 g/mol. The quantitative estimate of drug-likeness (QED) is 0.363. The predicted molar refractivity (Wildman–Crippen MR) is 59.7 cm³/mol. The maximum Gasteiger partial charge on any atom is 1.00 e. The minimum atomic E-state index is -1.03. The summed E-state index contributed by atoms with van der Waals surface area (Å²) >= 11 is 0. The van der Waals surface area contributed by atoms with Crippen molar-refractivity contribution < 1.29 is 39.7 Å². The Morgan fingerprint density at radius 2 is 2.29 bits per heavy atom. The Bertz CT molecular complexity index is 414. The first-order chi connectivity index (χ1) is 7.58. The number of carbonyl (C=O) groups excluding carboxylic acids is 1. The van der Waals surface area contributed by atoms with Crippen LogP contribution in [-0.2, 0) is 4.79 Å². The summed E-state index contributed by atoms with van der Waals surface area (Å²) < 4.78 is 5.21. The Morgan fingerprint density at radius 1 is 1.65 bits per heavy atom. The fourth-order valence-electron chi connectivity index (χ4n) is 1.21. The summed E-state index contributed by atoms with van der Waals surface area (Å²) in [5, 5.41) is 8.79. The third kappa shape index (κ3) is 4.14. The fourth-order valence-corrected chi connectivity index (χ4v) is 1.21. The first-order valence-electron chi connectivity index (χ1n) is 4.82. The molecule has 0 saturated carbocycles. The molecule has 6 heteroatoms. The number of carboxylic acids is 1. The van der Waals surface area contributed by atoms with E-state index in [1.165, 1.54) is 18.2 Å². The largest absolute Gasteiger partial charge is 1.00 e. The van der Waals surface area contributed by atoms with E-state index in [1.54, 1.807) is 6.92 Å². The van der Waals surface area contributed by atoms with E-state index in [4.69, 9.17) is 15.6 Å². The van der Waals surface area contributed by atoms with Gasteiger partial charge >= 0.3 is 24.8 Å². The molecule has 88 valence electrons. The maximum atomic E-state index is 10.7. The van der Waals surface area contributed by atoms with E-state index < -0.39 is 12.1 Å². The van der Waals surface area contributed by atoms with E-state index in [-0.39, 0.29) is 26.0 Å². The number of aldehydes is 1. The zero-order chi connectivity index (χ0) is 12.1. The minimum absolute atomic E-state index is 0. The molecule has 3 N–H and O–H groups in total. The van der Waals surface area contributed by atoms with Crippen LogP contribution in [0.5, 0.6) is 5.75 Å². The molecule has 0 spiro atoms. The van der Waals surface area contributed by atoms with Crippen molar-refractivity contribution in [3.63, 3.8) is 0 Å². The van der Waals surface area contributed by atoms with Crippen molar-refractivity contribution in [1.82, 2.24) is 0 Å². The molecular formula is C11H14LiNO4. The van der Waals surface area contributed by atoms with Gasteiger partial charge in [0.1, 0.15) is 5.75 Å². The molecule has 1 aromatic carbocycles. The third-order valence-electron chi connectivity index (χ3n) is 2.11. The van der Waals surface area contributed by atoms with E-state index in [0.717, 1.165) is 0 Å². The van der Waals surface area contributed by atoms with Crippen LogP contribution in [0.3, 0.4) is 0 Å². The van der Waals surface area contributed by atoms with Crippen LogP contribution >= 0.6 is 0 Å². The third-order valence-corrected chi connectivity index (χ3v) is 2.11. The van der Waals surface area contributed by atoms with Crippen molar-refractivity contribution in [3.05, 3.63) is 23.8 Å². The number of hydrogen-bond donors (Lipinski definition) is 2. The average molecular weight is 231 g/mol. The van der Waals surface area contributed by atoms with Crippen LogP contribution < -0.4 is 29.3 Å². The molecule has 17 heavy (non-hydrogen) atoms. The van der Waals surface area contributed by atoms with Crippen LogP contribution in [0.15, 0.2) is 18.2 Å². The molecule has 0 radical (unpaired) electrons. The molecule has 0 heterocycles. The second-order valence-electron chi connectivity index (χ2n) is 3.26. The van der Waals surface area contributed by atoms with Crippen molar-refractivity contribution in [2.45, 2.75) is 19.4 Å². The average Bonchev–Trinajstić information content (AvgIpc) is 2.25. The van der Waals surface area contributed by atoms with E-state index in [0.29, 0.717) is 24.0 Å². The zero-order valence-electron chi connectivity index (χ0n) is 10.8. The second-order valence-corrected chi connectivity index (χ2v) is 3.26. The molecule has 0 bridgehead atoms. The molecule has 0 fully saturated rings. The molecule has 0 aliphatic heterocycles. The smallest absolute Gasteiger partial charge is 1.00 e. The number of ether oxygens (including phenoxy) is 1. The van der Waals surface area contributed by atoms with Gasteiger partial charge in [0.15, 0.2) is 12.4 Å². The standard InChI is InChI=1S/C11H13NO4.Li.H/c1-2-10(11(14)15)16-8-4-3-7(6-13)9(12)5-8;;/h3-6,10H,2,12H2,1H3,(H,14,15);;/q;+1;-1. The number of nitrogen functional groups attached to an aromatic ring is 1. The number of aliphatic carboxylic acids is 1. The number of hydrogen-bond acceptors (Lipinski definition) is 4. The summed E-state index contributed by atoms with van der Waals surface area (Å²) in [5.41, 5.74) is 6.19. The second kappa shape index (κ2) is 7.00. The molecule has 0 aliphatic carbocycles. The Hall–Kier alpha value is -1.44. The van der Waals surface area contributed by atoms with Gasteiger partial charge in [-0.05, 0) is 18.6 Å². The summed E-state index contributed by atoms with van der Waals surface area (Å²) in [6, 6.07) is 4.45. The minimum Gasteiger partial charge on any atom is -1.00 e. The summed E-state index contributed by atoms with van der Waals surface area (Å²) in [7, 11) is 0. The van der Waals surface area contributed by atoms with Crippen molar-refractivity contribution in [2.75, 3.05) is 5.73 Å². The number of nitrogens with two attached hydrogens (primary N) is 1. The van der Waals surface area contributed by atoms with Crippen molar-refractivity contribution >= 4 is 17.9 Å².